The molecule has 128 valence electrons. The zero-order valence-corrected chi connectivity index (χ0v) is 13.9. The van der Waals surface area contributed by atoms with Crippen LogP contribution < -0.4 is 0 Å². The summed E-state index contributed by atoms with van der Waals surface area (Å²) >= 11 is 0. The van der Waals surface area contributed by atoms with E-state index in [4.69, 9.17) is 0 Å². The number of hydrogen-bond donors (Lipinski definition) is 2. The molecule has 1 saturated heterocycles. The summed E-state index contributed by atoms with van der Waals surface area (Å²) in [6.07, 6.45) is 3.63. The number of nitrogens with one attached hydrogen (secondary N) is 1. The number of rotatable bonds is 4. The number of hydrogen-bond acceptors (Lipinski definition) is 3. The number of carbonyl (C=O) groups excluding carboxylic acids is 1. The van der Waals surface area contributed by atoms with E-state index in [0.717, 1.165) is 35.9 Å². The number of carbonyl (C=O) groups is 1. The molecule has 4 rings (SSSR count). The minimum absolute atomic E-state index is 0.0117. The number of aliphatic hydroxyl groups excluding tert-OH is 1. The average Bonchev–Trinajstić information content (AvgIpc) is 3.30. The highest BCUT2D eigenvalue weighted by molar-refractivity contribution is 6.05. The van der Waals surface area contributed by atoms with Crippen LogP contribution in [0, 0.1) is 0 Å². The highest BCUT2D eigenvalue weighted by Gasteiger charge is 2.32. The summed E-state index contributed by atoms with van der Waals surface area (Å²) in [6.45, 7) is 0.732. The summed E-state index contributed by atoms with van der Waals surface area (Å²) in [7, 11) is 0. The summed E-state index contributed by atoms with van der Waals surface area (Å²) in [5.74, 6) is 0.0117. The third-order valence-corrected chi connectivity index (χ3v) is 5.02. The van der Waals surface area contributed by atoms with Crippen LogP contribution in [0.4, 0.5) is 0 Å². The van der Waals surface area contributed by atoms with E-state index in [1.54, 1.807) is 6.20 Å². The second kappa shape index (κ2) is 6.69. The van der Waals surface area contributed by atoms with Crippen LogP contribution in [-0.2, 0) is 0 Å². The van der Waals surface area contributed by atoms with Crippen molar-refractivity contribution in [3.8, 4) is 0 Å². The summed E-state index contributed by atoms with van der Waals surface area (Å²) < 4.78 is 0. The van der Waals surface area contributed by atoms with Crippen molar-refractivity contribution >= 4 is 16.8 Å². The molecule has 2 atom stereocenters. The third kappa shape index (κ3) is 3.03. The van der Waals surface area contributed by atoms with Crippen molar-refractivity contribution in [3.05, 3.63) is 65.9 Å². The van der Waals surface area contributed by atoms with Crippen molar-refractivity contribution in [2.75, 3.05) is 6.54 Å². The molecule has 1 aromatic heterocycles. The van der Waals surface area contributed by atoms with Crippen LogP contribution in [0.3, 0.4) is 0 Å². The van der Waals surface area contributed by atoms with E-state index in [1.165, 1.54) is 0 Å². The van der Waals surface area contributed by atoms with Gasteiger partial charge in [0, 0.05) is 18.0 Å². The lowest BCUT2D eigenvalue weighted by atomic mass is 10.00. The summed E-state index contributed by atoms with van der Waals surface area (Å²) in [5, 5.41) is 18.4. The lowest BCUT2D eigenvalue weighted by molar-refractivity contribution is 0.0669. The Morgan fingerprint density at radius 2 is 2.08 bits per heavy atom. The van der Waals surface area contributed by atoms with Crippen molar-refractivity contribution in [1.29, 1.82) is 0 Å². The van der Waals surface area contributed by atoms with Gasteiger partial charge in [-0.25, -0.2) is 0 Å². The van der Waals surface area contributed by atoms with Crippen LogP contribution in [0.5, 0.6) is 0 Å². The van der Waals surface area contributed by atoms with Crippen molar-refractivity contribution in [2.24, 2.45) is 0 Å². The van der Waals surface area contributed by atoms with E-state index in [2.05, 4.69) is 10.2 Å². The van der Waals surface area contributed by atoms with Crippen LogP contribution >= 0.6 is 0 Å². The van der Waals surface area contributed by atoms with E-state index in [0.29, 0.717) is 12.0 Å². The van der Waals surface area contributed by atoms with Gasteiger partial charge in [-0.3, -0.25) is 9.89 Å². The van der Waals surface area contributed by atoms with Gasteiger partial charge in [-0.1, -0.05) is 42.5 Å². The minimum atomic E-state index is -0.553. The number of aromatic nitrogens is 2. The molecule has 2 unspecified atom stereocenters. The number of nitrogens with zero attached hydrogens (tertiary/aromatic N) is 2. The van der Waals surface area contributed by atoms with Crippen molar-refractivity contribution in [1.82, 2.24) is 15.1 Å². The van der Waals surface area contributed by atoms with E-state index in [-0.39, 0.29) is 11.9 Å². The first kappa shape index (κ1) is 15.8. The Morgan fingerprint density at radius 3 is 2.92 bits per heavy atom. The maximum atomic E-state index is 13.1. The Morgan fingerprint density at radius 1 is 1.24 bits per heavy atom. The van der Waals surface area contributed by atoms with Gasteiger partial charge in [-0.05, 0) is 30.9 Å². The van der Waals surface area contributed by atoms with Crippen LogP contribution in [0.25, 0.3) is 10.9 Å². The monoisotopic (exact) mass is 335 g/mol. The fourth-order valence-electron chi connectivity index (χ4n) is 3.72. The Labute approximate surface area is 146 Å². The number of benzene rings is 2. The predicted octanol–water partition coefficient (Wildman–Crippen LogP) is 3.29. The zero-order valence-electron chi connectivity index (χ0n) is 13.9. The fourth-order valence-corrected chi connectivity index (χ4v) is 3.72. The van der Waals surface area contributed by atoms with Gasteiger partial charge in [0.2, 0.25) is 0 Å². The molecule has 1 aliphatic rings. The van der Waals surface area contributed by atoms with E-state index < -0.39 is 6.10 Å². The first-order valence-corrected chi connectivity index (χ1v) is 8.70. The van der Waals surface area contributed by atoms with Crippen molar-refractivity contribution in [3.63, 3.8) is 0 Å². The quantitative estimate of drug-likeness (QED) is 0.769. The van der Waals surface area contributed by atoms with Crippen LogP contribution in [0.1, 0.15) is 41.3 Å². The number of aromatic amines is 1. The van der Waals surface area contributed by atoms with Crippen molar-refractivity contribution in [2.45, 2.75) is 31.4 Å². The number of H-pyrrole nitrogens is 1. The van der Waals surface area contributed by atoms with E-state index in [9.17, 15) is 9.90 Å². The molecule has 0 saturated carbocycles. The van der Waals surface area contributed by atoms with Gasteiger partial charge in [0.1, 0.15) is 0 Å². The normalized spacial score (nSPS) is 18.6. The Kier molecular flexibility index (Phi) is 4.24. The Hall–Kier alpha value is -2.66. The Bertz CT molecular complexity index is 875. The maximum Gasteiger partial charge on any atom is 0.256 e. The lowest BCUT2D eigenvalue weighted by Gasteiger charge is -2.27. The molecule has 3 aromatic rings. The summed E-state index contributed by atoms with van der Waals surface area (Å²) in [4.78, 5) is 15.0. The van der Waals surface area contributed by atoms with Gasteiger partial charge in [-0.15, -0.1) is 0 Å². The molecule has 0 radical (unpaired) electrons. The maximum absolute atomic E-state index is 13.1. The summed E-state index contributed by atoms with van der Waals surface area (Å²) in [6, 6.07) is 15.4. The van der Waals surface area contributed by atoms with Gasteiger partial charge < -0.3 is 10.0 Å². The first-order valence-electron chi connectivity index (χ1n) is 8.70. The van der Waals surface area contributed by atoms with Gasteiger partial charge >= 0.3 is 0 Å². The number of likely N-dealkylation sites (tertiary alicyclic amines) is 1. The summed E-state index contributed by atoms with van der Waals surface area (Å²) in [5.41, 5.74) is 2.33. The molecule has 0 spiro atoms. The molecule has 2 N–H and O–H groups in total. The molecular weight excluding hydrogens is 314 g/mol. The average molecular weight is 335 g/mol. The standard InChI is InChI=1S/C20H21N3O2/c24-18(14-6-2-1-3-7-14)12-16-9-5-11-23(16)20(25)17-10-4-8-15-13-21-22-19(15)17/h1-4,6-8,10,13,16,18,24H,5,9,11-12H2,(H,21,22). The van der Waals surface area contributed by atoms with Crippen LogP contribution in [0.2, 0.25) is 0 Å². The minimum Gasteiger partial charge on any atom is -0.388 e. The number of amides is 1. The largest absolute Gasteiger partial charge is 0.388 e. The molecule has 5 nitrogen and oxygen atoms in total. The second-order valence-electron chi connectivity index (χ2n) is 6.60. The highest BCUT2D eigenvalue weighted by Crippen LogP contribution is 2.29. The van der Waals surface area contributed by atoms with Crippen molar-refractivity contribution < 1.29 is 9.90 Å². The highest BCUT2D eigenvalue weighted by atomic mass is 16.3. The SMILES string of the molecule is O=C(c1cccc2cn[nH]c12)N1CCCC1CC(O)c1ccccc1. The van der Waals surface area contributed by atoms with Gasteiger partial charge in [-0.2, -0.15) is 5.10 Å². The smallest absolute Gasteiger partial charge is 0.256 e. The molecule has 1 fully saturated rings. The van der Waals surface area contributed by atoms with Crippen LogP contribution in [0.15, 0.2) is 54.7 Å². The first-order chi connectivity index (χ1) is 12.2. The zero-order chi connectivity index (χ0) is 17.2. The van der Waals surface area contributed by atoms with Gasteiger partial charge in [0.15, 0.2) is 0 Å². The number of aliphatic hydroxyl groups is 1. The molecule has 2 aromatic carbocycles. The molecule has 5 heteroatoms. The second-order valence-corrected chi connectivity index (χ2v) is 6.60. The molecule has 25 heavy (non-hydrogen) atoms. The Balaban J connectivity index is 1.55. The van der Waals surface area contributed by atoms with E-state index >= 15 is 0 Å². The number of fused-ring (bicyclic) bond motifs is 1. The third-order valence-electron chi connectivity index (χ3n) is 5.02. The molecule has 1 aliphatic heterocycles. The number of para-hydroxylation sites is 1. The topological polar surface area (TPSA) is 69.2 Å². The molecule has 0 aliphatic carbocycles. The van der Waals surface area contributed by atoms with Gasteiger partial charge in [0.25, 0.3) is 5.91 Å². The molecule has 2 heterocycles. The van der Waals surface area contributed by atoms with E-state index in [1.807, 2.05) is 53.4 Å². The molecule has 0 bridgehead atoms. The lowest BCUT2D eigenvalue weighted by Crippen LogP contribution is -2.36. The predicted molar refractivity (Wildman–Crippen MR) is 96.2 cm³/mol. The molecule has 1 amide bonds. The molecular formula is C20H21N3O2. The van der Waals surface area contributed by atoms with Gasteiger partial charge in [0.05, 0.1) is 23.4 Å². The van der Waals surface area contributed by atoms with Crippen LogP contribution in [-0.4, -0.2) is 38.7 Å². The fraction of sp³-hybridized carbons (Fsp3) is 0.300.